The van der Waals surface area contributed by atoms with E-state index in [1.54, 1.807) is 21.3 Å². The summed E-state index contributed by atoms with van der Waals surface area (Å²) in [6.07, 6.45) is 0.449. The molecule has 1 fully saturated rings. The summed E-state index contributed by atoms with van der Waals surface area (Å²) in [7, 11) is 4.75. The van der Waals surface area contributed by atoms with Crippen molar-refractivity contribution in [3.63, 3.8) is 0 Å². The number of methoxy groups -OCH3 is 3. The van der Waals surface area contributed by atoms with E-state index in [0.717, 1.165) is 23.2 Å². The fourth-order valence-electron chi connectivity index (χ4n) is 4.58. The number of carbonyl (C=O) groups is 1. The van der Waals surface area contributed by atoms with E-state index < -0.39 is 0 Å². The molecule has 29 heavy (non-hydrogen) atoms. The van der Waals surface area contributed by atoms with Gasteiger partial charge in [-0.25, -0.2) is 4.79 Å². The highest BCUT2D eigenvalue weighted by molar-refractivity contribution is 5.86. The molecule has 1 saturated heterocycles. The van der Waals surface area contributed by atoms with Crippen LogP contribution in [0.3, 0.4) is 0 Å². The molecule has 1 aromatic heterocycles. The van der Waals surface area contributed by atoms with E-state index in [-0.39, 0.29) is 18.2 Å². The Labute approximate surface area is 168 Å². The number of fused-ring (bicyclic) bond motifs is 4. The fraction of sp³-hybridized carbons (Fsp3) is 0.318. The Hall–Kier alpha value is -3.35. The maximum Gasteiger partial charge on any atom is 0.411 e. The van der Waals surface area contributed by atoms with Gasteiger partial charge in [0.25, 0.3) is 0 Å². The summed E-state index contributed by atoms with van der Waals surface area (Å²) in [6, 6.07) is 11.7. The van der Waals surface area contributed by atoms with E-state index >= 15 is 0 Å². The maximum absolute atomic E-state index is 12.7. The highest BCUT2D eigenvalue weighted by atomic mass is 16.6. The molecule has 0 aliphatic carbocycles. The third-order valence-electron chi connectivity index (χ3n) is 5.84. The van der Waals surface area contributed by atoms with Gasteiger partial charge in [0.1, 0.15) is 12.6 Å². The van der Waals surface area contributed by atoms with E-state index in [0.29, 0.717) is 23.9 Å². The lowest BCUT2D eigenvalue weighted by Crippen LogP contribution is -2.42. The van der Waals surface area contributed by atoms with Gasteiger partial charge in [-0.05, 0) is 35.7 Å². The van der Waals surface area contributed by atoms with Crippen LogP contribution in [0.15, 0.2) is 36.4 Å². The minimum Gasteiger partial charge on any atom is -0.493 e. The summed E-state index contributed by atoms with van der Waals surface area (Å²) in [5.74, 6) is 1.62. The number of aromatic nitrogens is 1. The largest absolute Gasteiger partial charge is 0.493 e. The zero-order chi connectivity index (χ0) is 20.1. The molecule has 1 amide bonds. The second-order valence-electron chi connectivity index (χ2n) is 7.27. The summed E-state index contributed by atoms with van der Waals surface area (Å²) in [4.78, 5) is 18.0. The lowest BCUT2D eigenvalue weighted by Gasteiger charge is -2.36. The molecule has 5 rings (SSSR count). The van der Waals surface area contributed by atoms with E-state index in [1.165, 1.54) is 10.9 Å². The lowest BCUT2D eigenvalue weighted by atomic mass is 9.89. The van der Waals surface area contributed by atoms with Crippen LogP contribution in [-0.2, 0) is 11.2 Å². The van der Waals surface area contributed by atoms with Crippen LogP contribution >= 0.6 is 0 Å². The number of nitrogens with zero attached hydrogens (tertiary/aromatic N) is 1. The van der Waals surface area contributed by atoms with Crippen molar-refractivity contribution in [1.82, 2.24) is 9.88 Å². The molecule has 7 heteroatoms. The van der Waals surface area contributed by atoms with Crippen molar-refractivity contribution in [2.45, 2.75) is 18.5 Å². The zero-order valence-corrected chi connectivity index (χ0v) is 16.5. The van der Waals surface area contributed by atoms with Gasteiger partial charge in [-0.3, -0.25) is 4.90 Å². The molecule has 0 spiro atoms. The van der Waals surface area contributed by atoms with Crippen LogP contribution in [0.5, 0.6) is 17.2 Å². The average Bonchev–Trinajstić information content (AvgIpc) is 3.31. The highest BCUT2D eigenvalue weighted by Crippen LogP contribution is 2.47. The number of amides is 1. The zero-order valence-electron chi connectivity index (χ0n) is 16.5. The van der Waals surface area contributed by atoms with E-state index in [2.05, 4.69) is 17.1 Å². The summed E-state index contributed by atoms with van der Waals surface area (Å²) in [6.45, 7) is 0.388. The molecule has 2 aliphatic rings. The van der Waals surface area contributed by atoms with Crippen molar-refractivity contribution in [3.8, 4) is 17.2 Å². The van der Waals surface area contributed by atoms with Gasteiger partial charge in [-0.15, -0.1) is 0 Å². The standard InChI is InChI=1S/C22H22N2O5/c1-26-17-8-12(9-18(27-2)21(17)28-3)20-19-15(10-13-11-29-22(25)24(13)20)14-6-4-5-7-16(14)23-19/h4-9,13,20,23H,10-11H2,1-3H3/t13-,20?/m0/s1. The molecular weight excluding hydrogens is 372 g/mol. The van der Waals surface area contributed by atoms with Crippen molar-refractivity contribution in [3.05, 3.63) is 53.2 Å². The van der Waals surface area contributed by atoms with Crippen LogP contribution in [0.2, 0.25) is 0 Å². The predicted molar refractivity (Wildman–Crippen MR) is 107 cm³/mol. The number of hydrogen-bond donors (Lipinski definition) is 1. The minimum absolute atomic E-state index is 0.0155. The normalized spacial score (nSPS) is 20.2. The number of rotatable bonds is 4. The summed E-state index contributed by atoms with van der Waals surface area (Å²) in [5.41, 5.74) is 4.15. The minimum atomic E-state index is -0.333. The molecule has 2 aliphatic heterocycles. The number of cyclic esters (lactones) is 1. The first kappa shape index (κ1) is 17.7. The Balaban J connectivity index is 1.75. The molecule has 0 saturated carbocycles. The summed E-state index contributed by atoms with van der Waals surface area (Å²) in [5, 5.41) is 1.18. The van der Waals surface area contributed by atoms with Gasteiger partial charge in [0.05, 0.1) is 27.4 Å². The van der Waals surface area contributed by atoms with Gasteiger partial charge in [-0.1, -0.05) is 18.2 Å². The smallest absolute Gasteiger partial charge is 0.411 e. The molecule has 2 atom stereocenters. The number of ether oxygens (including phenoxy) is 4. The van der Waals surface area contributed by atoms with Crippen LogP contribution < -0.4 is 14.2 Å². The van der Waals surface area contributed by atoms with E-state index in [1.807, 2.05) is 29.2 Å². The van der Waals surface area contributed by atoms with Crippen LogP contribution in [0.1, 0.15) is 22.9 Å². The first-order valence-corrected chi connectivity index (χ1v) is 9.50. The molecule has 1 unspecified atom stereocenters. The van der Waals surface area contributed by atoms with Crippen LogP contribution in [0.4, 0.5) is 4.79 Å². The number of para-hydroxylation sites is 1. The number of aromatic amines is 1. The van der Waals surface area contributed by atoms with Crippen molar-refractivity contribution in [2.75, 3.05) is 27.9 Å². The van der Waals surface area contributed by atoms with Gasteiger partial charge < -0.3 is 23.9 Å². The molecule has 3 heterocycles. The van der Waals surface area contributed by atoms with E-state index in [4.69, 9.17) is 18.9 Å². The van der Waals surface area contributed by atoms with Crippen LogP contribution in [0.25, 0.3) is 10.9 Å². The molecule has 3 aromatic rings. The number of hydrogen-bond acceptors (Lipinski definition) is 5. The molecule has 2 aromatic carbocycles. The molecule has 1 N–H and O–H groups in total. The van der Waals surface area contributed by atoms with Gasteiger partial charge >= 0.3 is 6.09 Å². The second-order valence-corrected chi connectivity index (χ2v) is 7.27. The van der Waals surface area contributed by atoms with Crippen molar-refractivity contribution >= 4 is 17.0 Å². The SMILES string of the molecule is COc1cc(C2c3[nH]c4ccccc4c3C[C@H]3COC(=O)N23)cc(OC)c1OC. The Morgan fingerprint density at radius 1 is 1.07 bits per heavy atom. The molecule has 0 bridgehead atoms. The monoisotopic (exact) mass is 394 g/mol. The maximum atomic E-state index is 12.7. The Morgan fingerprint density at radius 3 is 2.48 bits per heavy atom. The van der Waals surface area contributed by atoms with Gasteiger partial charge in [0.15, 0.2) is 11.5 Å². The van der Waals surface area contributed by atoms with Crippen molar-refractivity contribution in [1.29, 1.82) is 0 Å². The average molecular weight is 394 g/mol. The first-order valence-electron chi connectivity index (χ1n) is 9.50. The number of nitrogens with one attached hydrogen (secondary N) is 1. The number of carbonyl (C=O) groups excluding carboxylic acids is 1. The lowest BCUT2D eigenvalue weighted by molar-refractivity contribution is 0.147. The van der Waals surface area contributed by atoms with Gasteiger partial charge in [0.2, 0.25) is 5.75 Å². The Kier molecular flexibility index (Phi) is 4.04. The van der Waals surface area contributed by atoms with Gasteiger partial charge in [0, 0.05) is 16.6 Å². The topological polar surface area (TPSA) is 73.0 Å². The van der Waals surface area contributed by atoms with Crippen LogP contribution in [-0.4, -0.2) is 50.0 Å². The third-order valence-corrected chi connectivity index (χ3v) is 5.84. The van der Waals surface area contributed by atoms with Gasteiger partial charge in [-0.2, -0.15) is 0 Å². The Bertz CT molecular complexity index is 1080. The van der Waals surface area contributed by atoms with Crippen molar-refractivity contribution in [2.24, 2.45) is 0 Å². The predicted octanol–water partition coefficient (Wildman–Crippen LogP) is 3.66. The molecular formula is C22H22N2O5. The highest BCUT2D eigenvalue weighted by Gasteiger charge is 2.45. The summed E-state index contributed by atoms with van der Waals surface area (Å²) < 4.78 is 22.0. The quantitative estimate of drug-likeness (QED) is 0.731. The number of H-pyrrole nitrogens is 1. The second kappa shape index (κ2) is 6.62. The Morgan fingerprint density at radius 2 is 1.79 bits per heavy atom. The third kappa shape index (κ3) is 2.53. The summed E-state index contributed by atoms with van der Waals surface area (Å²) >= 11 is 0. The molecule has 7 nitrogen and oxygen atoms in total. The van der Waals surface area contributed by atoms with E-state index in [9.17, 15) is 4.79 Å². The first-order chi connectivity index (χ1) is 14.2. The van der Waals surface area contributed by atoms with Crippen molar-refractivity contribution < 1.29 is 23.7 Å². The van der Waals surface area contributed by atoms with Crippen LogP contribution in [0, 0.1) is 0 Å². The molecule has 150 valence electrons. The number of benzene rings is 2. The molecule has 0 radical (unpaired) electrons. The fourth-order valence-corrected chi connectivity index (χ4v) is 4.58.